The van der Waals surface area contributed by atoms with Gasteiger partial charge in [0, 0.05) is 27.2 Å². The Balaban J connectivity index is 1.99. The number of rotatable bonds is 1. The van der Waals surface area contributed by atoms with E-state index in [0.29, 0.717) is 11.4 Å². The Labute approximate surface area is 147 Å². The van der Waals surface area contributed by atoms with Crippen LogP contribution >= 0.6 is 27.5 Å². The second-order valence-electron chi connectivity index (χ2n) is 5.73. The Kier molecular flexibility index (Phi) is 3.63. The highest BCUT2D eigenvalue weighted by atomic mass is 79.9. The van der Waals surface area contributed by atoms with Gasteiger partial charge >= 0.3 is 0 Å². The quantitative estimate of drug-likeness (QED) is 0.568. The van der Waals surface area contributed by atoms with Crippen LogP contribution in [0.3, 0.4) is 0 Å². The first-order valence-corrected chi connectivity index (χ1v) is 8.57. The van der Waals surface area contributed by atoms with Crippen molar-refractivity contribution >= 4 is 49.9 Å². The minimum Gasteiger partial charge on any atom is -0.325 e. The molecule has 0 saturated carbocycles. The maximum Gasteiger partial charge on any atom is 0.225 e. The topological polar surface area (TPSA) is 29.1 Å². The Morgan fingerprint density at radius 3 is 2.61 bits per heavy atom. The third kappa shape index (κ3) is 2.54. The number of benzene rings is 3. The maximum absolute atomic E-state index is 12.3. The summed E-state index contributed by atoms with van der Waals surface area (Å²) in [5.41, 5.74) is 3.10. The zero-order chi connectivity index (χ0) is 16.0. The second kappa shape index (κ2) is 5.66. The highest BCUT2D eigenvalue weighted by Crippen LogP contribution is 2.43. The van der Waals surface area contributed by atoms with E-state index in [9.17, 15) is 4.79 Å². The van der Waals surface area contributed by atoms with Crippen molar-refractivity contribution in [2.24, 2.45) is 0 Å². The zero-order valence-electron chi connectivity index (χ0n) is 12.1. The molecule has 0 aliphatic carbocycles. The van der Waals surface area contributed by atoms with Crippen LogP contribution in [0.15, 0.2) is 59.1 Å². The number of amides is 1. The third-order valence-electron chi connectivity index (χ3n) is 4.31. The fraction of sp³-hybridized carbons (Fsp3) is 0.105. The molecule has 1 aliphatic rings. The second-order valence-corrected chi connectivity index (χ2v) is 7.02. The highest BCUT2D eigenvalue weighted by molar-refractivity contribution is 9.10. The number of anilines is 1. The van der Waals surface area contributed by atoms with Gasteiger partial charge in [-0.3, -0.25) is 4.79 Å². The predicted octanol–water partition coefficient (Wildman–Crippen LogP) is 5.73. The largest absolute Gasteiger partial charge is 0.325 e. The lowest BCUT2D eigenvalue weighted by Crippen LogP contribution is -2.23. The average Bonchev–Trinajstić information content (AvgIpc) is 2.55. The van der Waals surface area contributed by atoms with E-state index in [2.05, 4.69) is 33.4 Å². The molecule has 0 saturated heterocycles. The molecule has 3 aromatic carbocycles. The molecule has 4 rings (SSSR count). The van der Waals surface area contributed by atoms with Gasteiger partial charge in [0.15, 0.2) is 0 Å². The highest BCUT2D eigenvalue weighted by Gasteiger charge is 2.28. The Hall–Kier alpha value is -1.84. The van der Waals surface area contributed by atoms with E-state index in [1.807, 2.05) is 42.5 Å². The van der Waals surface area contributed by atoms with Crippen LogP contribution in [0.5, 0.6) is 0 Å². The van der Waals surface area contributed by atoms with Crippen molar-refractivity contribution in [1.82, 2.24) is 0 Å². The van der Waals surface area contributed by atoms with E-state index in [1.165, 1.54) is 0 Å². The summed E-state index contributed by atoms with van der Waals surface area (Å²) in [5, 5.41) is 5.89. The summed E-state index contributed by atoms with van der Waals surface area (Å²) >= 11 is 9.81. The molecule has 3 aromatic rings. The van der Waals surface area contributed by atoms with Crippen molar-refractivity contribution in [1.29, 1.82) is 0 Å². The predicted molar refractivity (Wildman–Crippen MR) is 98.2 cm³/mol. The molecule has 0 spiro atoms. The Morgan fingerprint density at radius 1 is 1.04 bits per heavy atom. The van der Waals surface area contributed by atoms with Gasteiger partial charge in [-0.05, 0) is 34.7 Å². The minimum atomic E-state index is 0.0124. The molecule has 1 heterocycles. The van der Waals surface area contributed by atoms with Gasteiger partial charge in [-0.15, -0.1) is 0 Å². The summed E-state index contributed by atoms with van der Waals surface area (Å²) in [4.78, 5) is 12.3. The van der Waals surface area contributed by atoms with Gasteiger partial charge < -0.3 is 5.32 Å². The zero-order valence-corrected chi connectivity index (χ0v) is 14.5. The fourth-order valence-corrected chi connectivity index (χ4v) is 4.06. The van der Waals surface area contributed by atoms with Crippen LogP contribution in [-0.4, -0.2) is 5.91 Å². The standard InChI is InChI=1S/C19H13BrClNO/c20-17-9-16-15(11-4-3-5-12(21)8-11)10-18(23)22-19(16)14-7-2-1-6-13(14)17/h1-9,15H,10H2,(H,22,23)/t15-/m1/s1. The van der Waals surface area contributed by atoms with Gasteiger partial charge in [0.05, 0.1) is 5.69 Å². The smallest absolute Gasteiger partial charge is 0.225 e. The van der Waals surface area contributed by atoms with E-state index in [0.717, 1.165) is 32.1 Å². The molecule has 0 unspecified atom stereocenters. The van der Waals surface area contributed by atoms with Gasteiger partial charge in [0.25, 0.3) is 0 Å². The first kappa shape index (κ1) is 14.7. The Bertz CT molecular complexity index is 938. The molecule has 0 radical (unpaired) electrons. The van der Waals surface area contributed by atoms with Crippen LogP contribution < -0.4 is 5.32 Å². The van der Waals surface area contributed by atoms with Gasteiger partial charge in [0.2, 0.25) is 5.91 Å². The molecule has 2 nitrogen and oxygen atoms in total. The molecule has 0 aromatic heterocycles. The van der Waals surface area contributed by atoms with Gasteiger partial charge in [-0.1, -0.05) is 63.9 Å². The van der Waals surface area contributed by atoms with Crippen molar-refractivity contribution in [2.75, 3.05) is 5.32 Å². The van der Waals surface area contributed by atoms with Gasteiger partial charge in [-0.25, -0.2) is 0 Å². The van der Waals surface area contributed by atoms with Gasteiger partial charge in [-0.2, -0.15) is 0 Å². The van der Waals surface area contributed by atoms with Crippen molar-refractivity contribution in [3.8, 4) is 0 Å². The minimum absolute atomic E-state index is 0.0124. The maximum atomic E-state index is 12.3. The van der Waals surface area contributed by atoms with Crippen LogP contribution in [0.4, 0.5) is 5.69 Å². The molecule has 0 fully saturated rings. The number of carbonyl (C=O) groups excluding carboxylic acids is 1. The summed E-state index contributed by atoms with van der Waals surface area (Å²) in [7, 11) is 0. The molecule has 1 atom stereocenters. The molecule has 23 heavy (non-hydrogen) atoms. The number of carbonyl (C=O) groups is 1. The summed E-state index contributed by atoms with van der Waals surface area (Å²) in [5.74, 6) is 0.0494. The van der Waals surface area contributed by atoms with E-state index >= 15 is 0 Å². The number of fused-ring (bicyclic) bond motifs is 3. The SMILES string of the molecule is O=C1C[C@H](c2cccc(Cl)c2)c2cc(Br)c3ccccc3c2N1. The molecule has 1 N–H and O–H groups in total. The van der Waals surface area contributed by atoms with Crippen LogP contribution in [0.1, 0.15) is 23.5 Å². The molecule has 0 bridgehead atoms. The average molecular weight is 387 g/mol. The van der Waals surface area contributed by atoms with E-state index in [4.69, 9.17) is 11.6 Å². The molecule has 4 heteroatoms. The first-order chi connectivity index (χ1) is 11.1. The fourth-order valence-electron chi connectivity index (χ4n) is 3.27. The summed E-state index contributed by atoms with van der Waals surface area (Å²) in [6.07, 6.45) is 0.429. The number of halogens is 2. The van der Waals surface area contributed by atoms with Crippen LogP contribution in [0.25, 0.3) is 10.8 Å². The lowest BCUT2D eigenvalue weighted by molar-refractivity contribution is -0.116. The summed E-state index contributed by atoms with van der Waals surface area (Å²) < 4.78 is 1.04. The Morgan fingerprint density at radius 2 is 1.83 bits per heavy atom. The van der Waals surface area contributed by atoms with E-state index in [1.54, 1.807) is 0 Å². The normalized spacial score (nSPS) is 17.0. The molecular formula is C19H13BrClNO. The molecular weight excluding hydrogens is 374 g/mol. The third-order valence-corrected chi connectivity index (χ3v) is 5.20. The van der Waals surface area contributed by atoms with Crippen molar-refractivity contribution in [3.05, 3.63) is 75.2 Å². The summed E-state index contributed by atoms with van der Waals surface area (Å²) in [6.45, 7) is 0. The number of nitrogens with one attached hydrogen (secondary N) is 1. The summed E-state index contributed by atoms with van der Waals surface area (Å²) in [6, 6.07) is 17.9. The van der Waals surface area contributed by atoms with Gasteiger partial charge in [0.1, 0.15) is 0 Å². The monoisotopic (exact) mass is 385 g/mol. The van der Waals surface area contributed by atoms with Crippen molar-refractivity contribution in [2.45, 2.75) is 12.3 Å². The van der Waals surface area contributed by atoms with Crippen LogP contribution in [0, 0.1) is 0 Å². The number of hydrogen-bond acceptors (Lipinski definition) is 1. The van der Waals surface area contributed by atoms with E-state index < -0.39 is 0 Å². The first-order valence-electron chi connectivity index (χ1n) is 7.40. The molecule has 114 valence electrons. The van der Waals surface area contributed by atoms with E-state index in [-0.39, 0.29) is 11.8 Å². The van der Waals surface area contributed by atoms with Crippen LogP contribution in [-0.2, 0) is 4.79 Å². The number of hydrogen-bond donors (Lipinski definition) is 1. The van der Waals surface area contributed by atoms with Crippen LogP contribution in [0.2, 0.25) is 5.02 Å². The lowest BCUT2D eigenvalue weighted by atomic mass is 9.83. The van der Waals surface area contributed by atoms with Crippen molar-refractivity contribution < 1.29 is 4.79 Å². The lowest BCUT2D eigenvalue weighted by Gasteiger charge is -2.28. The molecule has 1 amide bonds. The van der Waals surface area contributed by atoms with Crippen molar-refractivity contribution in [3.63, 3.8) is 0 Å². The molecule has 1 aliphatic heterocycles.